The van der Waals surface area contributed by atoms with Crippen molar-refractivity contribution in [3.05, 3.63) is 22.6 Å². The third-order valence-corrected chi connectivity index (χ3v) is 3.26. The van der Waals surface area contributed by atoms with E-state index in [1.807, 2.05) is 34.9 Å². The summed E-state index contributed by atoms with van der Waals surface area (Å²) < 4.78 is 5.49. The Kier molecular flexibility index (Phi) is 4.80. The Balaban J connectivity index is 2.71. The Hall–Kier alpha value is -1.29. The maximum atomic E-state index is 12.2. The van der Waals surface area contributed by atoms with Crippen molar-refractivity contribution in [1.82, 2.24) is 10.2 Å². The van der Waals surface area contributed by atoms with Crippen LogP contribution in [0.3, 0.4) is 0 Å². The summed E-state index contributed by atoms with van der Waals surface area (Å²) in [6.45, 7) is 11.5. The van der Waals surface area contributed by atoms with Crippen molar-refractivity contribution in [2.24, 2.45) is 5.41 Å². The van der Waals surface area contributed by atoms with Crippen LogP contribution in [0.5, 0.6) is 0 Å². The molecule has 1 aromatic heterocycles. The van der Waals surface area contributed by atoms with Gasteiger partial charge in [0.05, 0.1) is 5.56 Å². The van der Waals surface area contributed by atoms with Gasteiger partial charge >= 0.3 is 0 Å². The molecular weight excluding hydrogens is 240 g/mol. The van der Waals surface area contributed by atoms with Gasteiger partial charge in [0.2, 0.25) is 0 Å². The molecule has 1 heterocycles. The maximum Gasteiger partial charge on any atom is 0.255 e. The van der Waals surface area contributed by atoms with Crippen molar-refractivity contribution in [2.45, 2.75) is 34.6 Å². The van der Waals surface area contributed by atoms with Crippen LogP contribution in [0, 0.1) is 26.2 Å². The summed E-state index contributed by atoms with van der Waals surface area (Å²) in [6, 6.07) is 0. The molecule has 4 nitrogen and oxygen atoms in total. The molecule has 0 saturated carbocycles. The number of nitrogens with one attached hydrogen (secondary N) is 1. The zero-order valence-corrected chi connectivity index (χ0v) is 13.2. The lowest BCUT2D eigenvalue weighted by Crippen LogP contribution is -2.40. The molecule has 0 aromatic carbocycles. The van der Waals surface area contributed by atoms with Crippen LogP contribution in [0.25, 0.3) is 0 Å². The van der Waals surface area contributed by atoms with Gasteiger partial charge in [0.25, 0.3) is 5.91 Å². The van der Waals surface area contributed by atoms with E-state index in [9.17, 15) is 4.79 Å². The molecule has 0 saturated heterocycles. The number of hydrogen-bond acceptors (Lipinski definition) is 3. The first-order chi connectivity index (χ1) is 8.64. The van der Waals surface area contributed by atoms with Crippen molar-refractivity contribution >= 4 is 5.91 Å². The van der Waals surface area contributed by atoms with E-state index in [2.05, 4.69) is 24.1 Å². The standard InChI is InChI=1S/C15H26N2O2/c1-10-11(2)19-12(3)13(10)14(18)16-8-15(4,5)9-17(6)7/h8-9H2,1-7H3,(H,16,18). The fourth-order valence-corrected chi connectivity index (χ4v) is 2.45. The van der Waals surface area contributed by atoms with Crippen LogP contribution < -0.4 is 5.32 Å². The third kappa shape index (κ3) is 4.10. The van der Waals surface area contributed by atoms with Gasteiger partial charge in [-0.15, -0.1) is 0 Å². The smallest absolute Gasteiger partial charge is 0.255 e. The van der Waals surface area contributed by atoms with Gasteiger partial charge in [-0.3, -0.25) is 4.79 Å². The maximum absolute atomic E-state index is 12.2. The topological polar surface area (TPSA) is 45.5 Å². The second-order valence-corrected chi connectivity index (χ2v) is 6.30. The second-order valence-electron chi connectivity index (χ2n) is 6.30. The zero-order chi connectivity index (χ0) is 14.8. The van der Waals surface area contributed by atoms with Crippen molar-refractivity contribution < 1.29 is 9.21 Å². The van der Waals surface area contributed by atoms with Gasteiger partial charge in [0.15, 0.2) is 0 Å². The number of carbonyl (C=O) groups is 1. The summed E-state index contributed by atoms with van der Waals surface area (Å²) in [7, 11) is 4.08. The van der Waals surface area contributed by atoms with Crippen molar-refractivity contribution in [2.75, 3.05) is 27.2 Å². The van der Waals surface area contributed by atoms with Gasteiger partial charge in [0.1, 0.15) is 11.5 Å². The molecule has 0 unspecified atom stereocenters. The van der Waals surface area contributed by atoms with E-state index in [0.717, 1.165) is 17.9 Å². The van der Waals surface area contributed by atoms with E-state index in [1.54, 1.807) is 0 Å². The first-order valence-corrected chi connectivity index (χ1v) is 6.63. The summed E-state index contributed by atoms with van der Waals surface area (Å²) in [5.41, 5.74) is 1.65. The molecule has 1 N–H and O–H groups in total. The Labute approximate surface area is 116 Å². The van der Waals surface area contributed by atoms with Crippen LogP contribution in [0.4, 0.5) is 0 Å². The van der Waals surface area contributed by atoms with E-state index in [4.69, 9.17) is 4.42 Å². The number of carbonyl (C=O) groups excluding carboxylic acids is 1. The van der Waals surface area contributed by atoms with Gasteiger partial charge < -0.3 is 14.6 Å². The van der Waals surface area contributed by atoms with Crippen LogP contribution in [0.1, 0.15) is 41.3 Å². The lowest BCUT2D eigenvalue weighted by atomic mass is 9.92. The highest BCUT2D eigenvalue weighted by Crippen LogP contribution is 2.21. The Bertz CT molecular complexity index is 459. The number of hydrogen-bond donors (Lipinski definition) is 1. The summed E-state index contributed by atoms with van der Waals surface area (Å²) in [4.78, 5) is 14.4. The molecule has 0 spiro atoms. The highest BCUT2D eigenvalue weighted by atomic mass is 16.3. The normalized spacial score (nSPS) is 12.0. The van der Waals surface area contributed by atoms with Crippen molar-refractivity contribution in [1.29, 1.82) is 0 Å². The molecule has 1 rings (SSSR count). The molecule has 108 valence electrons. The largest absolute Gasteiger partial charge is 0.466 e. The molecule has 0 aliphatic heterocycles. The van der Waals surface area contributed by atoms with E-state index < -0.39 is 0 Å². The van der Waals surface area contributed by atoms with E-state index >= 15 is 0 Å². The van der Waals surface area contributed by atoms with Crippen LogP contribution >= 0.6 is 0 Å². The number of nitrogens with zero attached hydrogens (tertiary/aromatic N) is 1. The third-order valence-electron chi connectivity index (χ3n) is 3.26. The summed E-state index contributed by atoms with van der Waals surface area (Å²) in [5, 5.41) is 3.01. The van der Waals surface area contributed by atoms with E-state index in [0.29, 0.717) is 17.9 Å². The highest BCUT2D eigenvalue weighted by molar-refractivity contribution is 5.96. The van der Waals surface area contributed by atoms with Crippen LogP contribution in [-0.2, 0) is 0 Å². The molecule has 0 radical (unpaired) electrons. The van der Waals surface area contributed by atoms with Crippen LogP contribution in [0.2, 0.25) is 0 Å². The lowest BCUT2D eigenvalue weighted by Gasteiger charge is -2.28. The Morgan fingerprint density at radius 3 is 2.21 bits per heavy atom. The number of furan rings is 1. The van der Waals surface area contributed by atoms with E-state index in [-0.39, 0.29) is 11.3 Å². The lowest BCUT2D eigenvalue weighted by molar-refractivity contribution is 0.0927. The van der Waals surface area contributed by atoms with Crippen molar-refractivity contribution in [3.8, 4) is 0 Å². The molecule has 0 bridgehead atoms. The SMILES string of the molecule is Cc1oc(C)c(C(=O)NCC(C)(C)CN(C)C)c1C. The van der Waals surface area contributed by atoms with Crippen LogP contribution in [0.15, 0.2) is 4.42 Å². The van der Waals surface area contributed by atoms with Crippen LogP contribution in [-0.4, -0.2) is 38.0 Å². The fraction of sp³-hybridized carbons (Fsp3) is 0.667. The highest BCUT2D eigenvalue weighted by Gasteiger charge is 2.23. The molecule has 19 heavy (non-hydrogen) atoms. The molecule has 0 aliphatic carbocycles. The first kappa shape index (κ1) is 15.8. The predicted molar refractivity (Wildman–Crippen MR) is 77.6 cm³/mol. The summed E-state index contributed by atoms with van der Waals surface area (Å²) in [5.74, 6) is 1.46. The molecular formula is C15H26N2O2. The zero-order valence-electron chi connectivity index (χ0n) is 13.2. The molecule has 0 atom stereocenters. The summed E-state index contributed by atoms with van der Waals surface area (Å²) in [6.07, 6.45) is 0. The van der Waals surface area contributed by atoms with Gasteiger partial charge in [-0.2, -0.15) is 0 Å². The minimum Gasteiger partial charge on any atom is -0.466 e. The fourth-order valence-electron chi connectivity index (χ4n) is 2.45. The molecule has 1 aromatic rings. The monoisotopic (exact) mass is 266 g/mol. The average molecular weight is 266 g/mol. The summed E-state index contributed by atoms with van der Waals surface area (Å²) >= 11 is 0. The Morgan fingerprint density at radius 2 is 1.79 bits per heavy atom. The number of rotatable bonds is 5. The minimum absolute atomic E-state index is 0.0414. The van der Waals surface area contributed by atoms with Crippen molar-refractivity contribution in [3.63, 3.8) is 0 Å². The predicted octanol–water partition coefficient (Wildman–Crippen LogP) is 2.52. The first-order valence-electron chi connectivity index (χ1n) is 6.63. The Morgan fingerprint density at radius 1 is 1.21 bits per heavy atom. The average Bonchev–Trinajstić information content (AvgIpc) is 2.48. The molecule has 4 heteroatoms. The minimum atomic E-state index is -0.0429. The quantitative estimate of drug-likeness (QED) is 0.890. The second kappa shape index (κ2) is 5.78. The number of aryl methyl sites for hydroxylation is 2. The number of amides is 1. The molecule has 1 amide bonds. The van der Waals surface area contributed by atoms with Gasteiger partial charge in [-0.05, 0) is 40.3 Å². The van der Waals surface area contributed by atoms with Gasteiger partial charge in [-0.25, -0.2) is 0 Å². The molecule has 0 fully saturated rings. The van der Waals surface area contributed by atoms with Gasteiger partial charge in [-0.1, -0.05) is 13.8 Å². The van der Waals surface area contributed by atoms with E-state index in [1.165, 1.54) is 0 Å². The van der Waals surface area contributed by atoms with Gasteiger partial charge in [0, 0.05) is 18.7 Å². The molecule has 0 aliphatic rings.